The molecule has 21 heavy (non-hydrogen) atoms. The van der Waals surface area contributed by atoms with Crippen LogP contribution in [-0.2, 0) is 19.0 Å². The highest BCUT2D eigenvalue weighted by Gasteiger charge is 2.28. The number of aryl methyl sites for hydroxylation is 1. The third kappa shape index (κ3) is 3.02. The summed E-state index contributed by atoms with van der Waals surface area (Å²) < 4.78 is 7.80. The van der Waals surface area contributed by atoms with Crippen molar-refractivity contribution in [1.29, 1.82) is 0 Å². The van der Waals surface area contributed by atoms with Gasteiger partial charge in [-0.2, -0.15) is 5.10 Å². The normalized spacial score (nSPS) is 20.3. The van der Waals surface area contributed by atoms with Crippen LogP contribution in [-0.4, -0.2) is 26.2 Å². The lowest BCUT2D eigenvalue weighted by molar-refractivity contribution is 0.218. The van der Waals surface area contributed by atoms with E-state index in [1.54, 1.807) is 0 Å². The summed E-state index contributed by atoms with van der Waals surface area (Å²) in [6.07, 6.45) is 8.34. The van der Waals surface area contributed by atoms with Gasteiger partial charge in [0.2, 0.25) is 5.89 Å². The van der Waals surface area contributed by atoms with Gasteiger partial charge in [-0.1, -0.05) is 20.8 Å². The van der Waals surface area contributed by atoms with E-state index in [2.05, 4.69) is 42.0 Å². The van der Waals surface area contributed by atoms with Crippen molar-refractivity contribution in [3.05, 3.63) is 35.8 Å². The zero-order valence-corrected chi connectivity index (χ0v) is 13.3. The Labute approximate surface area is 126 Å². The molecule has 5 nitrogen and oxygen atoms in total. The first-order valence-corrected chi connectivity index (χ1v) is 7.61. The average molecular weight is 288 g/mol. The second-order valence-electron chi connectivity index (χ2n) is 6.94. The van der Waals surface area contributed by atoms with E-state index in [1.165, 1.54) is 18.4 Å². The minimum atomic E-state index is 0.0129. The fraction of sp³-hybridized carbons (Fsp3) is 0.625. The van der Waals surface area contributed by atoms with Crippen molar-refractivity contribution >= 4 is 0 Å². The summed E-state index contributed by atoms with van der Waals surface area (Å²) in [7, 11) is 1.96. The lowest BCUT2D eigenvalue weighted by Gasteiger charge is -2.22. The molecule has 0 aromatic carbocycles. The number of aromatic nitrogens is 3. The van der Waals surface area contributed by atoms with E-state index < -0.39 is 0 Å². The van der Waals surface area contributed by atoms with Gasteiger partial charge in [0.15, 0.2) is 0 Å². The van der Waals surface area contributed by atoms with Crippen LogP contribution in [0.5, 0.6) is 0 Å². The second-order valence-corrected chi connectivity index (χ2v) is 6.94. The smallest absolute Gasteiger partial charge is 0.208 e. The van der Waals surface area contributed by atoms with Crippen LogP contribution in [0.1, 0.15) is 56.9 Å². The first kappa shape index (κ1) is 14.3. The van der Waals surface area contributed by atoms with Crippen molar-refractivity contribution in [1.82, 2.24) is 19.7 Å². The molecule has 3 rings (SSSR count). The van der Waals surface area contributed by atoms with E-state index >= 15 is 0 Å². The van der Waals surface area contributed by atoms with Gasteiger partial charge in [0.05, 0.1) is 18.9 Å². The average Bonchev–Trinajstić information content (AvgIpc) is 3.08. The summed E-state index contributed by atoms with van der Waals surface area (Å²) in [6.45, 7) is 8.30. The Morgan fingerprint density at radius 3 is 2.76 bits per heavy atom. The maximum atomic E-state index is 5.93. The first-order chi connectivity index (χ1) is 9.93. The maximum Gasteiger partial charge on any atom is 0.208 e. The molecule has 1 fully saturated rings. The van der Waals surface area contributed by atoms with Crippen LogP contribution in [0.3, 0.4) is 0 Å². The highest BCUT2D eigenvalue weighted by molar-refractivity contribution is 5.13. The molecule has 0 spiro atoms. The first-order valence-electron chi connectivity index (χ1n) is 7.61. The van der Waals surface area contributed by atoms with Gasteiger partial charge in [0.1, 0.15) is 5.76 Å². The third-order valence-electron chi connectivity index (χ3n) is 4.10. The SMILES string of the molecule is Cn1cc([C@@H]2CCCN2Cc2ncc(C(C)(C)C)o2)cn1. The lowest BCUT2D eigenvalue weighted by atomic mass is 9.94. The number of hydrogen-bond donors (Lipinski definition) is 0. The molecular weight excluding hydrogens is 264 g/mol. The standard InChI is InChI=1S/C16H24N4O/c1-16(2,3)14-9-17-15(21-14)11-20-7-5-6-13(20)12-8-18-19(4)10-12/h8-10,13H,5-7,11H2,1-4H3/t13-/m0/s1. The maximum absolute atomic E-state index is 5.93. The zero-order chi connectivity index (χ0) is 15.0. The van der Waals surface area contributed by atoms with Gasteiger partial charge in [-0.25, -0.2) is 4.98 Å². The molecule has 3 heterocycles. The molecule has 0 saturated carbocycles. The van der Waals surface area contributed by atoms with E-state index in [9.17, 15) is 0 Å². The van der Waals surface area contributed by atoms with E-state index in [4.69, 9.17) is 4.42 Å². The Balaban J connectivity index is 1.73. The van der Waals surface area contributed by atoms with Crippen molar-refractivity contribution in [2.45, 2.75) is 51.6 Å². The molecule has 1 aliphatic rings. The summed E-state index contributed by atoms with van der Waals surface area (Å²) in [6, 6.07) is 0.434. The molecular formula is C16H24N4O. The molecule has 5 heteroatoms. The molecule has 114 valence electrons. The second kappa shape index (κ2) is 5.30. The van der Waals surface area contributed by atoms with Crippen LogP contribution in [0.4, 0.5) is 0 Å². The summed E-state index contributed by atoms with van der Waals surface area (Å²) in [4.78, 5) is 6.89. The fourth-order valence-electron chi connectivity index (χ4n) is 2.91. The zero-order valence-electron chi connectivity index (χ0n) is 13.3. The van der Waals surface area contributed by atoms with Gasteiger partial charge < -0.3 is 4.42 Å². The predicted octanol–water partition coefficient (Wildman–Crippen LogP) is 3.04. The van der Waals surface area contributed by atoms with Gasteiger partial charge in [-0.05, 0) is 19.4 Å². The number of oxazole rings is 1. The number of rotatable bonds is 3. The Bertz CT molecular complexity index is 608. The van der Waals surface area contributed by atoms with Gasteiger partial charge >= 0.3 is 0 Å². The summed E-state index contributed by atoms with van der Waals surface area (Å²) in [5.41, 5.74) is 1.30. The van der Waals surface area contributed by atoms with Crippen molar-refractivity contribution in [3.8, 4) is 0 Å². The third-order valence-corrected chi connectivity index (χ3v) is 4.10. The molecule has 0 amide bonds. The van der Waals surface area contributed by atoms with Crippen molar-refractivity contribution in [2.75, 3.05) is 6.54 Å². The van der Waals surface area contributed by atoms with Gasteiger partial charge in [-0.15, -0.1) is 0 Å². The Morgan fingerprint density at radius 2 is 2.14 bits per heavy atom. The number of likely N-dealkylation sites (tertiary alicyclic amines) is 1. The summed E-state index contributed by atoms with van der Waals surface area (Å²) >= 11 is 0. The molecule has 0 radical (unpaired) electrons. The minimum Gasteiger partial charge on any atom is -0.444 e. The predicted molar refractivity (Wildman–Crippen MR) is 80.8 cm³/mol. The molecule has 2 aromatic rings. The molecule has 1 atom stereocenters. The molecule has 0 aliphatic carbocycles. The van der Waals surface area contributed by atoms with Gasteiger partial charge in [0.25, 0.3) is 0 Å². The van der Waals surface area contributed by atoms with Crippen LogP contribution >= 0.6 is 0 Å². The Hall–Kier alpha value is -1.62. The van der Waals surface area contributed by atoms with E-state index in [1.807, 2.05) is 24.1 Å². The van der Waals surface area contributed by atoms with Gasteiger partial charge in [0, 0.05) is 30.3 Å². The van der Waals surface area contributed by atoms with E-state index in [-0.39, 0.29) is 5.41 Å². The van der Waals surface area contributed by atoms with Crippen LogP contribution in [0.15, 0.2) is 23.0 Å². The Kier molecular flexibility index (Phi) is 3.61. The van der Waals surface area contributed by atoms with E-state index in [0.717, 1.165) is 24.7 Å². The molecule has 1 saturated heterocycles. The van der Waals surface area contributed by atoms with Crippen molar-refractivity contribution < 1.29 is 4.42 Å². The summed E-state index contributed by atoms with van der Waals surface area (Å²) in [5.74, 6) is 1.77. The highest BCUT2D eigenvalue weighted by atomic mass is 16.4. The van der Waals surface area contributed by atoms with Crippen LogP contribution in [0, 0.1) is 0 Å². The van der Waals surface area contributed by atoms with Crippen molar-refractivity contribution in [3.63, 3.8) is 0 Å². The lowest BCUT2D eigenvalue weighted by Crippen LogP contribution is -2.22. The highest BCUT2D eigenvalue weighted by Crippen LogP contribution is 2.33. The largest absolute Gasteiger partial charge is 0.444 e. The molecule has 2 aromatic heterocycles. The molecule has 0 unspecified atom stereocenters. The van der Waals surface area contributed by atoms with Gasteiger partial charge in [-0.3, -0.25) is 9.58 Å². The summed E-state index contributed by atoms with van der Waals surface area (Å²) in [5, 5.41) is 4.29. The molecule has 0 N–H and O–H groups in total. The minimum absolute atomic E-state index is 0.0129. The quantitative estimate of drug-likeness (QED) is 0.871. The number of nitrogens with zero attached hydrogens (tertiary/aromatic N) is 4. The van der Waals surface area contributed by atoms with Crippen molar-refractivity contribution in [2.24, 2.45) is 7.05 Å². The monoisotopic (exact) mass is 288 g/mol. The topological polar surface area (TPSA) is 47.1 Å². The molecule has 0 bridgehead atoms. The van der Waals surface area contributed by atoms with Crippen LogP contribution < -0.4 is 0 Å². The fourth-order valence-corrected chi connectivity index (χ4v) is 2.91. The van der Waals surface area contributed by atoms with Crippen LogP contribution in [0.25, 0.3) is 0 Å². The Morgan fingerprint density at radius 1 is 1.33 bits per heavy atom. The van der Waals surface area contributed by atoms with Crippen LogP contribution in [0.2, 0.25) is 0 Å². The molecule has 1 aliphatic heterocycles. The van der Waals surface area contributed by atoms with E-state index in [0.29, 0.717) is 6.04 Å². The number of hydrogen-bond acceptors (Lipinski definition) is 4.